The van der Waals surface area contributed by atoms with Crippen LogP contribution in [0.4, 0.5) is 0 Å². The maximum absolute atomic E-state index is 4.45. The zero-order valence-electron chi connectivity index (χ0n) is 12.5. The minimum Gasteiger partial charge on any atom is -0.306 e. The molecule has 1 N–H and O–H groups in total. The minimum atomic E-state index is 0.0703. The van der Waals surface area contributed by atoms with Crippen molar-refractivity contribution in [3.8, 4) is 5.82 Å². The average Bonchev–Trinajstić information content (AvgIpc) is 2.64. The summed E-state index contributed by atoms with van der Waals surface area (Å²) in [4.78, 5) is 8.88. The van der Waals surface area contributed by atoms with Crippen LogP contribution in [0.2, 0.25) is 0 Å². The molecule has 108 valence electrons. The van der Waals surface area contributed by atoms with Crippen LogP contribution in [-0.2, 0) is 6.54 Å². The van der Waals surface area contributed by atoms with Crippen LogP contribution in [0.3, 0.4) is 0 Å². The standard InChI is InChI=1S/C14H20BrN5/c1-9-13(15)10(2)20(19-9)12-8-16-11(6-17-12)7-18-14(3,4)5/h6,8,18H,7H2,1-5H3. The summed E-state index contributed by atoms with van der Waals surface area (Å²) >= 11 is 3.52. The Morgan fingerprint density at radius 2 is 1.90 bits per heavy atom. The van der Waals surface area contributed by atoms with E-state index in [0.29, 0.717) is 6.54 Å². The molecular weight excluding hydrogens is 318 g/mol. The van der Waals surface area contributed by atoms with Crippen LogP contribution in [0.15, 0.2) is 16.9 Å². The number of halogens is 1. The van der Waals surface area contributed by atoms with E-state index in [0.717, 1.165) is 27.4 Å². The molecule has 0 atom stereocenters. The lowest BCUT2D eigenvalue weighted by molar-refractivity contribution is 0.421. The van der Waals surface area contributed by atoms with E-state index < -0.39 is 0 Å². The molecule has 0 radical (unpaired) electrons. The van der Waals surface area contributed by atoms with Crippen molar-refractivity contribution in [2.75, 3.05) is 0 Å². The van der Waals surface area contributed by atoms with Gasteiger partial charge < -0.3 is 5.32 Å². The fourth-order valence-electron chi connectivity index (χ4n) is 1.75. The number of hydrogen-bond acceptors (Lipinski definition) is 4. The highest BCUT2D eigenvalue weighted by Gasteiger charge is 2.12. The summed E-state index contributed by atoms with van der Waals surface area (Å²) in [5.41, 5.74) is 2.96. The van der Waals surface area contributed by atoms with Gasteiger partial charge in [-0.05, 0) is 50.5 Å². The number of nitrogens with one attached hydrogen (secondary N) is 1. The molecule has 2 heterocycles. The lowest BCUT2D eigenvalue weighted by Gasteiger charge is -2.19. The molecule has 2 aromatic heterocycles. The van der Waals surface area contributed by atoms with E-state index in [2.05, 4.69) is 57.1 Å². The van der Waals surface area contributed by atoms with Gasteiger partial charge in [-0.3, -0.25) is 4.98 Å². The Balaban J connectivity index is 2.18. The van der Waals surface area contributed by atoms with Gasteiger partial charge in [0, 0.05) is 12.1 Å². The van der Waals surface area contributed by atoms with E-state index in [4.69, 9.17) is 0 Å². The summed E-state index contributed by atoms with van der Waals surface area (Å²) in [6.07, 6.45) is 3.55. The number of hydrogen-bond donors (Lipinski definition) is 1. The minimum absolute atomic E-state index is 0.0703. The van der Waals surface area contributed by atoms with Gasteiger partial charge in [-0.25, -0.2) is 9.67 Å². The Morgan fingerprint density at radius 3 is 2.35 bits per heavy atom. The van der Waals surface area contributed by atoms with Crippen LogP contribution >= 0.6 is 15.9 Å². The highest BCUT2D eigenvalue weighted by atomic mass is 79.9. The summed E-state index contributed by atoms with van der Waals surface area (Å²) in [7, 11) is 0. The molecular formula is C14H20BrN5. The summed E-state index contributed by atoms with van der Waals surface area (Å²) in [5, 5.41) is 7.84. The van der Waals surface area contributed by atoms with E-state index in [1.807, 2.05) is 13.8 Å². The largest absolute Gasteiger partial charge is 0.306 e. The molecule has 0 fully saturated rings. The van der Waals surface area contributed by atoms with Crippen LogP contribution in [0.1, 0.15) is 37.9 Å². The Hall–Kier alpha value is -1.27. The lowest BCUT2D eigenvalue weighted by atomic mass is 10.1. The van der Waals surface area contributed by atoms with Crippen LogP contribution in [0.5, 0.6) is 0 Å². The third-order valence-electron chi connectivity index (χ3n) is 2.91. The SMILES string of the molecule is Cc1nn(-c2cnc(CNC(C)(C)C)cn2)c(C)c1Br. The van der Waals surface area contributed by atoms with Gasteiger partial charge in [0.2, 0.25) is 0 Å². The number of aromatic nitrogens is 4. The fraction of sp³-hybridized carbons (Fsp3) is 0.500. The van der Waals surface area contributed by atoms with Crippen molar-refractivity contribution < 1.29 is 0 Å². The Kier molecular flexibility index (Phi) is 4.25. The number of rotatable bonds is 3. The first kappa shape index (κ1) is 15.1. The third kappa shape index (κ3) is 3.43. The quantitative estimate of drug-likeness (QED) is 0.935. The molecule has 2 aromatic rings. The van der Waals surface area contributed by atoms with Gasteiger partial charge in [0.15, 0.2) is 5.82 Å². The smallest absolute Gasteiger partial charge is 0.172 e. The van der Waals surface area contributed by atoms with Gasteiger partial charge in [0.05, 0.1) is 33.9 Å². The molecule has 0 aromatic carbocycles. The maximum atomic E-state index is 4.45. The summed E-state index contributed by atoms with van der Waals surface area (Å²) in [5.74, 6) is 0.732. The molecule has 0 aliphatic carbocycles. The normalized spacial score (nSPS) is 11.9. The van der Waals surface area contributed by atoms with Crippen molar-refractivity contribution in [2.45, 2.75) is 46.7 Å². The van der Waals surface area contributed by atoms with E-state index in [1.54, 1.807) is 17.1 Å². The Morgan fingerprint density at radius 1 is 1.20 bits per heavy atom. The van der Waals surface area contributed by atoms with Gasteiger partial charge in [-0.1, -0.05) is 0 Å². The molecule has 0 bridgehead atoms. The molecule has 2 rings (SSSR count). The second-order valence-corrected chi connectivity index (χ2v) is 6.66. The average molecular weight is 338 g/mol. The van der Waals surface area contributed by atoms with E-state index in [9.17, 15) is 0 Å². The van der Waals surface area contributed by atoms with Gasteiger partial charge in [-0.15, -0.1) is 0 Å². The number of nitrogens with zero attached hydrogens (tertiary/aromatic N) is 4. The van der Waals surface area contributed by atoms with Crippen molar-refractivity contribution in [1.29, 1.82) is 0 Å². The first-order valence-electron chi connectivity index (χ1n) is 6.56. The second kappa shape index (κ2) is 5.61. The molecule has 5 nitrogen and oxygen atoms in total. The first-order valence-corrected chi connectivity index (χ1v) is 7.35. The maximum Gasteiger partial charge on any atom is 0.172 e. The van der Waals surface area contributed by atoms with Crippen LogP contribution in [0.25, 0.3) is 5.82 Å². The zero-order chi connectivity index (χ0) is 14.9. The van der Waals surface area contributed by atoms with E-state index in [-0.39, 0.29) is 5.54 Å². The van der Waals surface area contributed by atoms with E-state index in [1.165, 1.54) is 0 Å². The van der Waals surface area contributed by atoms with Gasteiger partial charge >= 0.3 is 0 Å². The summed E-state index contributed by atoms with van der Waals surface area (Å²) in [6, 6.07) is 0. The number of aryl methyl sites for hydroxylation is 1. The summed E-state index contributed by atoms with van der Waals surface area (Å²) < 4.78 is 2.81. The van der Waals surface area contributed by atoms with Gasteiger partial charge in [0.25, 0.3) is 0 Å². The molecule has 6 heteroatoms. The van der Waals surface area contributed by atoms with Crippen molar-refractivity contribution >= 4 is 15.9 Å². The lowest BCUT2D eigenvalue weighted by Crippen LogP contribution is -2.35. The van der Waals surface area contributed by atoms with Gasteiger partial charge in [-0.2, -0.15) is 5.10 Å². The van der Waals surface area contributed by atoms with Crippen molar-refractivity contribution in [3.05, 3.63) is 33.9 Å². The second-order valence-electron chi connectivity index (χ2n) is 5.87. The fourth-order valence-corrected chi connectivity index (χ4v) is 2.00. The van der Waals surface area contributed by atoms with Gasteiger partial charge in [0.1, 0.15) is 0 Å². The van der Waals surface area contributed by atoms with Crippen LogP contribution in [0, 0.1) is 13.8 Å². The molecule has 0 amide bonds. The molecule has 0 saturated carbocycles. The molecule has 0 aliphatic rings. The highest BCUT2D eigenvalue weighted by Crippen LogP contribution is 2.21. The topological polar surface area (TPSA) is 55.6 Å². The molecule has 0 unspecified atom stereocenters. The van der Waals surface area contributed by atoms with Crippen LogP contribution in [-0.4, -0.2) is 25.3 Å². The summed E-state index contributed by atoms with van der Waals surface area (Å²) in [6.45, 7) is 11.0. The predicted molar refractivity (Wildman–Crippen MR) is 82.9 cm³/mol. The molecule has 0 spiro atoms. The van der Waals surface area contributed by atoms with Crippen LogP contribution < -0.4 is 5.32 Å². The molecule has 20 heavy (non-hydrogen) atoms. The molecule has 0 aliphatic heterocycles. The van der Waals surface area contributed by atoms with Crippen molar-refractivity contribution in [2.24, 2.45) is 0 Å². The molecule has 0 saturated heterocycles. The first-order chi connectivity index (χ1) is 9.28. The predicted octanol–water partition coefficient (Wildman–Crippen LogP) is 2.93. The Bertz CT molecular complexity index is 595. The third-order valence-corrected chi connectivity index (χ3v) is 4.06. The highest BCUT2D eigenvalue weighted by molar-refractivity contribution is 9.10. The van der Waals surface area contributed by atoms with Crippen molar-refractivity contribution in [3.63, 3.8) is 0 Å². The zero-order valence-corrected chi connectivity index (χ0v) is 14.1. The monoisotopic (exact) mass is 337 g/mol. The Labute approximate surface area is 128 Å². The van der Waals surface area contributed by atoms with E-state index >= 15 is 0 Å². The van der Waals surface area contributed by atoms with Crippen molar-refractivity contribution in [1.82, 2.24) is 25.1 Å².